The Balaban J connectivity index is 0.00000684. The zero-order valence-corrected chi connectivity index (χ0v) is 46.1. The highest BCUT2D eigenvalue weighted by atomic mass is 35.5. The minimum Gasteiger partial charge on any atom is -0.372 e. The van der Waals surface area contributed by atoms with Crippen LogP contribution in [0.4, 0.5) is 22.7 Å². The molecule has 8 rings (SSSR count). The van der Waals surface area contributed by atoms with Crippen LogP contribution in [0.1, 0.15) is 181 Å². The molecule has 2 aliphatic carbocycles. The number of unbranched alkanes of at least 4 members (excludes halogenated alkanes) is 2. The van der Waals surface area contributed by atoms with Gasteiger partial charge in [-0.05, 0) is 204 Å². The Morgan fingerprint density at radius 1 is 0.471 bits per heavy atom. The van der Waals surface area contributed by atoms with E-state index in [0.29, 0.717) is 28.7 Å². The molecule has 1 N–H and O–H groups in total. The Labute approximate surface area is 424 Å². The van der Waals surface area contributed by atoms with E-state index in [0.717, 1.165) is 23.7 Å². The molecule has 68 heavy (non-hydrogen) atoms. The van der Waals surface area contributed by atoms with Crippen molar-refractivity contribution in [2.24, 2.45) is 34.5 Å². The summed E-state index contributed by atoms with van der Waals surface area (Å²) in [6.07, 6.45) is 21.3. The maximum atomic E-state index is 3.94. The topological polar surface area (TPSA) is 31.5 Å². The fourth-order valence-electron chi connectivity index (χ4n) is 14.3. The van der Waals surface area contributed by atoms with Gasteiger partial charge in [0.25, 0.3) is 0 Å². The molecule has 4 aliphatic heterocycles. The lowest BCUT2D eigenvalue weighted by atomic mass is 9.68. The van der Waals surface area contributed by atoms with Crippen LogP contribution >= 0.6 is 12.4 Å². The first-order valence-electron chi connectivity index (χ1n) is 28.7. The van der Waals surface area contributed by atoms with Gasteiger partial charge in [0.15, 0.2) is 0 Å². The second-order valence-electron chi connectivity index (χ2n) is 25.1. The van der Waals surface area contributed by atoms with Crippen molar-refractivity contribution in [3.8, 4) is 0 Å². The van der Waals surface area contributed by atoms with Crippen LogP contribution in [0, 0.1) is 34.5 Å². The molecule has 4 saturated heterocycles. The summed E-state index contributed by atoms with van der Waals surface area (Å²) in [6, 6.07) is 16.1. The zero-order valence-electron chi connectivity index (χ0n) is 45.3. The van der Waals surface area contributed by atoms with Gasteiger partial charge in [-0.3, -0.25) is 9.80 Å². The van der Waals surface area contributed by atoms with E-state index >= 15 is 0 Å². The van der Waals surface area contributed by atoms with Crippen molar-refractivity contribution in [1.82, 2.24) is 15.1 Å². The van der Waals surface area contributed by atoms with Gasteiger partial charge in [-0.1, -0.05) is 68.2 Å². The van der Waals surface area contributed by atoms with Gasteiger partial charge in [0, 0.05) is 107 Å². The van der Waals surface area contributed by atoms with Crippen LogP contribution in [0.25, 0.3) is 0 Å². The standard InChI is InChI=1S/C60H101N7.ClH/c1-10-12-30-62-36-40-66(41-37-62)56-24-22-52(44-54(56)46-14-18-50(19-15-46)59(3,4)5)64-32-26-48(27-33-64)58(61-9)49-28-34-65(35-29-49)53-23-25-57(67-42-38-63(39-43-67)31-13-11-2)55(45-53)47-16-20-51(21-17-47)60(6,7)8;/h22-25,44-51,58,61H,10-21,26-43H2,1-9H3;1H. The molecule has 2 saturated carbocycles. The molecule has 384 valence electrons. The van der Waals surface area contributed by atoms with E-state index in [1.165, 1.54) is 206 Å². The molecule has 6 aliphatic rings. The summed E-state index contributed by atoms with van der Waals surface area (Å²) >= 11 is 0. The highest BCUT2D eigenvalue weighted by molar-refractivity contribution is 5.85. The maximum Gasteiger partial charge on any atom is 0.0404 e. The number of piperidine rings is 2. The van der Waals surface area contributed by atoms with Crippen LogP contribution < -0.4 is 24.9 Å². The van der Waals surface area contributed by atoms with Crippen molar-refractivity contribution in [2.75, 3.05) is 118 Å². The minimum atomic E-state index is 0. The highest BCUT2D eigenvalue weighted by Crippen LogP contribution is 2.48. The molecule has 0 radical (unpaired) electrons. The molecular weight excluding hydrogens is 854 g/mol. The first-order chi connectivity index (χ1) is 32.3. The third kappa shape index (κ3) is 13.3. The van der Waals surface area contributed by atoms with Crippen molar-refractivity contribution < 1.29 is 0 Å². The summed E-state index contributed by atoms with van der Waals surface area (Å²) < 4.78 is 0. The predicted molar refractivity (Wildman–Crippen MR) is 298 cm³/mol. The van der Waals surface area contributed by atoms with Gasteiger partial charge < -0.3 is 24.9 Å². The van der Waals surface area contributed by atoms with Crippen LogP contribution in [0.5, 0.6) is 0 Å². The van der Waals surface area contributed by atoms with Crippen molar-refractivity contribution in [1.29, 1.82) is 0 Å². The fraction of sp³-hybridized carbons (Fsp3) is 0.800. The number of anilines is 4. The van der Waals surface area contributed by atoms with Crippen molar-refractivity contribution in [3.63, 3.8) is 0 Å². The Kier molecular flexibility index (Phi) is 19.3. The van der Waals surface area contributed by atoms with Crippen molar-refractivity contribution >= 4 is 35.2 Å². The van der Waals surface area contributed by atoms with Gasteiger partial charge in [-0.25, -0.2) is 0 Å². The van der Waals surface area contributed by atoms with Gasteiger partial charge in [-0.15, -0.1) is 12.4 Å². The average molecular weight is 957 g/mol. The highest BCUT2D eigenvalue weighted by Gasteiger charge is 2.37. The number of piperazine rings is 2. The molecule has 0 unspecified atom stereocenters. The maximum absolute atomic E-state index is 3.94. The molecule has 0 amide bonds. The summed E-state index contributed by atoms with van der Waals surface area (Å²) in [5, 5.41) is 3.94. The predicted octanol–water partition coefficient (Wildman–Crippen LogP) is 13.3. The Hall–Kier alpha value is -2.19. The van der Waals surface area contributed by atoms with Crippen LogP contribution in [-0.4, -0.2) is 115 Å². The number of rotatable bonds is 15. The van der Waals surface area contributed by atoms with Crippen molar-refractivity contribution in [3.05, 3.63) is 47.5 Å². The van der Waals surface area contributed by atoms with E-state index in [1.807, 2.05) is 0 Å². The van der Waals surface area contributed by atoms with Crippen LogP contribution in [-0.2, 0) is 0 Å². The summed E-state index contributed by atoms with van der Waals surface area (Å²) in [6.45, 7) is 36.3. The lowest BCUT2D eigenvalue weighted by Gasteiger charge is -2.44. The second kappa shape index (κ2) is 24.5. The van der Waals surface area contributed by atoms with Crippen LogP contribution in [0.2, 0.25) is 0 Å². The van der Waals surface area contributed by atoms with Gasteiger partial charge in [0.1, 0.15) is 0 Å². The van der Waals surface area contributed by atoms with E-state index in [2.05, 4.69) is 134 Å². The zero-order chi connectivity index (χ0) is 47.1. The Bertz CT molecular complexity index is 1660. The number of nitrogens with one attached hydrogen (secondary N) is 1. The average Bonchev–Trinajstić information content (AvgIpc) is 3.35. The normalized spacial score (nSPS) is 26.2. The molecular formula is C60H102ClN7. The lowest BCUT2D eigenvalue weighted by molar-refractivity contribution is 0.169. The Morgan fingerprint density at radius 3 is 1.13 bits per heavy atom. The molecule has 6 fully saturated rings. The van der Waals surface area contributed by atoms with E-state index in [1.54, 1.807) is 22.5 Å². The molecule has 0 atom stereocenters. The van der Waals surface area contributed by atoms with Gasteiger partial charge in [0.2, 0.25) is 0 Å². The summed E-state index contributed by atoms with van der Waals surface area (Å²) in [4.78, 5) is 16.5. The summed E-state index contributed by atoms with van der Waals surface area (Å²) in [7, 11) is 2.27. The molecule has 4 heterocycles. The first-order valence-corrected chi connectivity index (χ1v) is 28.7. The monoisotopic (exact) mass is 956 g/mol. The molecule has 0 spiro atoms. The third-order valence-corrected chi connectivity index (χ3v) is 19.0. The van der Waals surface area contributed by atoms with E-state index in [4.69, 9.17) is 0 Å². The molecule has 8 heteroatoms. The van der Waals surface area contributed by atoms with Gasteiger partial charge in [-0.2, -0.15) is 0 Å². The largest absolute Gasteiger partial charge is 0.372 e. The number of halogens is 1. The van der Waals surface area contributed by atoms with Gasteiger partial charge in [0.05, 0.1) is 0 Å². The fourth-order valence-corrected chi connectivity index (χ4v) is 14.3. The van der Waals surface area contributed by atoms with E-state index < -0.39 is 0 Å². The van der Waals surface area contributed by atoms with Gasteiger partial charge >= 0.3 is 0 Å². The summed E-state index contributed by atoms with van der Waals surface area (Å²) in [5.41, 5.74) is 10.3. The number of hydrogen-bond acceptors (Lipinski definition) is 7. The number of benzene rings is 2. The van der Waals surface area contributed by atoms with Crippen molar-refractivity contribution in [2.45, 2.75) is 176 Å². The molecule has 2 aromatic rings. The van der Waals surface area contributed by atoms with Crippen LogP contribution in [0.3, 0.4) is 0 Å². The lowest BCUT2D eigenvalue weighted by Crippen LogP contribution is -2.49. The van der Waals surface area contributed by atoms with E-state index in [9.17, 15) is 0 Å². The second-order valence-corrected chi connectivity index (χ2v) is 25.1. The molecule has 0 aromatic heterocycles. The van der Waals surface area contributed by atoms with E-state index in [-0.39, 0.29) is 12.4 Å². The summed E-state index contributed by atoms with van der Waals surface area (Å²) in [5.74, 6) is 4.59. The molecule has 0 bridgehead atoms. The Morgan fingerprint density at radius 2 is 0.824 bits per heavy atom. The number of hydrogen-bond donors (Lipinski definition) is 1. The SMILES string of the molecule is CCCCN1CCN(c2ccc(N3CCC(C(NC)C4CCN(c5ccc(N6CCN(CCCC)CC6)c(C6CCC(C(C)(C)C)CC6)c5)CC4)CC3)cc2C2CCC(C(C)(C)C)CC2)CC1.Cl. The molecule has 7 nitrogen and oxygen atoms in total. The third-order valence-electron chi connectivity index (χ3n) is 19.0. The first kappa shape index (κ1) is 53.6. The minimum absolute atomic E-state index is 0. The molecule has 2 aromatic carbocycles. The number of nitrogens with zero attached hydrogens (tertiary/aromatic N) is 6. The van der Waals surface area contributed by atoms with Crippen LogP contribution in [0.15, 0.2) is 36.4 Å². The smallest absolute Gasteiger partial charge is 0.0404 e. The quantitative estimate of drug-likeness (QED) is 0.190.